The summed E-state index contributed by atoms with van der Waals surface area (Å²) >= 11 is 1.88. The Bertz CT molecular complexity index is 338. The maximum atomic E-state index is 4.57. The molecule has 100 valence electrons. The quantitative estimate of drug-likeness (QED) is 0.452. The third-order valence-electron chi connectivity index (χ3n) is 2.42. The molecule has 4 heteroatoms. The smallest absolute Gasteiger partial charge is 0.191 e. The van der Waals surface area contributed by atoms with E-state index in [2.05, 4.69) is 40.9 Å². The average molecular weight is 265 g/mol. The monoisotopic (exact) mass is 265 g/mol. The van der Waals surface area contributed by atoms with Crippen LogP contribution in [-0.4, -0.2) is 31.1 Å². The van der Waals surface area contributed by atoms with Crippen molar-refractivity contribution in [3.05, 3.63) is 35.9 Å². The number of nitrogens with one attached hydrogen (secondary N) is 2. The first kappa shape index (κ1) is 14.9. The van der Waals surface area contributed by atoms with Gasteiger partial charge in [-0.05, 0) is 30.9 Å². The number of aliphatic imine (C=N–C) groups is 1. The molecule has 1 aromatic rings. The average Bonchev–Trinajstić information content (AvgIpc) is 2.42. The molecule has 0 unspecified atom stereocenters. The summed E-state index contributed by atoms with van der Waals surface area (Å²) in [4.78, 5) is 4.57. The van der Waals surface area contributed by atoms with E-state index in [1.54, 1.807) is 0 Å². The molecule has 0 spiro atoms. The second-order valence-corrected chi connectivity index (χ2v) is 4.94. The van der Waals surface area contributed by atoms with Crippen LogP contribution in [0.3, 0.4) is 0 Å². The van der Waals surface area contributed by atoms with Gasteiger partial charge in [0.05, 0.1) is 6.54 Å². The first-order valence-electron chi connectivity index (χ1n) is 6.42. The van der Waals surface area contributed by atoms with Crippen LogP contribution >= 0.6 is 11.8 Å². The minimum Gasteiger partial charge on any atom is -0.357 e. The third kappa shape index (κ3) is 6.55. The predicted molar refractivity (Wildman–Crippen MR) is 82.3 cm³/mol. The Morgan fingerprint density at radius 3 is 2.67 bits per heavy atom. The zero-order valence-corrected chi connectivity index (χ0v) is 12.1. The van der Waals surface area contributed by atoms with Gasteiger partial charge in [0.25, 0.3) is 0 Å². The standard InChI is InChI=1S/C14H23N3S/c1-3-15-14(16-10-7-11-18-2)17-12-13-8-5-4-6-9-13/h4-6,8-9H,3,7,10-12H2,1-2H3,(H2,15,16,17). The molecule has 0 atom stereocenters. The summed E-state index contributed by atoms with van der Waals surface area (Å²) in [5.74, 6) is 2.09. The highest BCUT2D eigenvalue weighted by Crippen LogP contribution is 2.00. The van der Waals surface area contributed by atoms with Crippen molar-refractivity contribution < 1.29 is 0 Å². The topological polar surface area (TPSA) is 36.4 Å². The molecule has 0 aliphatic carbocycles. The fourth-order valence-electron chi connectivity index (χ4n) is 1.52. The van der Waals surface area contributed by atoms with Gasteiger partial charge in [-0.15, -0.1) is 0 Å². The molecule has 18 heavy (non-hydrogen) atoms. The molecule has 0 aliphatic rings. The van der Waals surface area contributed by atoms with Crippen LogP contribution < -0.4 is 10.6 Å². The molecular weight excluding hydrogens is 242 g/mol. The molecule has 2 N–H and O–H groups in total. The SMILES string of the molecule is CCNC(=NCc1ccccc1)NCCCSC. The van der Waals surface area contributed by atoms with E-state index in [0.29, 0.717) is 0 Å². The summed E-state index contributed by atoms with van der Waals surface area (Å²) in [6.07, 6.45) is 3.30. The van der Waals surface area contributed by atoms with Crippen LogP contribution in [0.5, 0.6) is 0 Å². The van der Waals surface area contributed by atoms with Crippen molar-refractivity contribution in [2.45, 2.75) is 19.9 Å². The zero-order chi connectivity index (χ0) is 13.1. The van der Waals surface area contributed by atoms with Gasteiger partial charge >= 0.3 is 0 Å². The maximum absolute atomic E-state index is 4.57. The Hall–Kier alpha value is -1.16. The number of rotatable bonds is 7. The lowest BCUT2D eigenvalue weighted by molar-refractivity contribution is 0.790. The lowest BCUT2D eigenvalue weighted by Crippen LogP contribution is -2.37. The number of hydrogen-bond acceptors (Lipinski definition) is 2. The highest BCUT2D eigenvalue weighted by Gasteiger charge is 1.96. The van der Waals surface area contributed by atoms with E-state index in [-0.39, 0.29) is 0 Å². The van der Waals surface area contributed by atoms with E-state index < -0.39 is 0 Å². The molecule has 0 aliphatic heterocycles. The van der Waals surface area contributed by atoms with Crippen molar-refractivity contribution in [1.29, 1.82) is 0 Å². The third-order valence-corrected chi connectivity index (χ3v) is 3.12. The van der Waals surface area contributed by atoms with Gasteiger partial charge in [-0.2, -0.15) is 11.8 Å². The van der Waals surface area contributed by atoms with E-state index in [0.717, 1.165) is 32.0 Å². The minimum atomic E-state index is 0.721. The number of benzene rings is 1. The van der Waals surface area contributed by atoms with Gasteiger partial charge in [0.1, 0.15) is 0 Å². The van der Waals surface area contributed by atoms with Crippen LogP contribution in [-0.2, 0) is 6.54 Å². The molecule has 1 aromatic carbocycles. The molecule has 0 saturated carbocycles. The summed E-state index contributed by atoms with van der Waals surface area (Å²) in [5.41, 5.74) is 1.24. The van der Waals surface area contributed by atoms with E-state index in [1.165, 1.54) is 11.3 Å². The molecular formula is C14H23N3S. The van der Waals surface area contributed by atoms with Crippen LogP contribution in [0.2, 0.25) is 0 Å². The highest BCUT2D eigenvalue weighted by molar-refractivity contribution is 7.98. The largest absolute Gasteiger partial charge is 0.357 e. The van der Waals surface area contributed by atoms with Gasteiger partial charge in [0, 0.05) is 13.1 Å². The molecule has 0 radical (unpaired) electrons. The van der Waals surface area contributed by atoms with E-state index in [1.807, 2.05) is 30.0 Å². The zero-order valence-electron chi connectivity index (χ0n) is 11.3. The maximum Gasteiger partial charge on any atom is 0.191 e. The van der Waals surface area contributed by atoms with Crippen molar-refractivity contribution in [3.63, 3.8) is 0 Å². The van der Waals surface area contributed by atoms with Crippen LogP contribution in [0.15, 0.2) is 35.3 Å². The Morgan fingerprint density at radius 1 is 1.22 bits per heavy atom. The van der Waals surface area contributed by atoms with Crippen molar-refractivity contribution >= 4 is 17.7 Å². The van der Waals surface area contributed by atoms with E-state index in [9.17, 15) is 0 Å². The number of thioether (sulfide) groups is 1. The number of guanidine groups is 1. The second-order valence-electron chi connectivity index (χ2n) is 3.95. The van der Waals surface area contributed by atoms with Crippen molar-refractivity contribution in [2.75, 3.05) is 25.1 Å². The summed E-state index contributed by atoms with van der Waals surface area (Å²) in [7, 11) is 0. The molecule has 0 bridgehead atoms. The first-order chi connectivity index (χ1) is 8.86. The fourth-order valence-corrected chi connectivity index (χ4v) is 1.95. The van der Waals surface area contributed by atoms with Crippen LogP contribution in [0.25, 0.3) is 0 Å². The predicted octanol–water partition coefficient (Wildman–Crippen LogP) is 2.49. The highest BCUT2D eigenvalue weighted by atomic mass is 32.2. The Kier molecular flexibility index (Phi) is 8.13. The number of hydrogen-bond donors (Lipinski definition) is 2. The lowest BCUT2D eigenvalue weighted by atomic mass is 10.2. The Morgan fingerprint density at radius 2 is 2.00 bits per heavy atom. The lowest BCUT2D eigenvalue weighted by Gasteiger charge is -2.10. The van der Waals surface area contributed by atoms with Gasteiger partial charge in [-0.1, -0.05) is 30.3 Å². The molecule has 1 rings (SSSR count). The van der Waals surface area contributed by atoms with E-state index >= 15 is 0 Å². The van der Waals surface area contributed by atoms with Crippen molar-refractivity contribution in [2.24, 2.45) is 4.99 Å². The van der Waals surface area contributed by atoms with Crippen molar-refractivity contribution in [1.82, 2.24) is 10.6 Å². The fraction of sp³-hybridized carbons (Fsp3) is 0.500. The van der Waals surface area contributed by atoms with Crippen molar-refractivity contribution in [3.8, 4) is 0 Å². The molecule has 0 heterocycles. The summed E-state index contributed by atoms with van der Waals surface area (Å²) in [5, 5.41) is 6.61. The first-order valence-corrected chi connectivity index (χ1v) is 7.81. The summed E-state index contributed by atoms with van der Waals surface area (Å²) in [6, 6.07) is 10.3. The molecule has 0 aromatic heterocycles. The van der Waals surface area contributed by atoms with Gasteiger partial charge in [0.2, 0.25) is 0 Å². The van der Waals surface area contributed by atoms with Gasteiger partial charge in [0.15, 0.2) is 5.96 Å². The van der Waals surface area contributed by atoms with Gasteiger partial charge in [-0.3, -0.25) is 0 Å². The Labute approximate surface area is 114 Å². The van der Waals surface area contributed by atoms with Crippen LogP contribution in [0, 0.1) is 0 Å². The van der Waals surface area contributed by atoms with Gasteiger partial charge in [-0.25, -0.2) is 4.99 Å². The molecule has 0 amide bonds. The summed E-state index contributed by atoms with van der Waals surface area (Å²) in [6.45, 7) is 4.67. The second kappa shape index (κ2) is 9.83. The number of nitrogens with zero attached hydrogens (tertiary/aromatic N) is 1. The summed E-state index contributed by atoms with van der Waals surface area (Å²) < 4.78 is 0. The van der Waals surface area contributed by atoms with E-state index in [4.69, 9.17) is 0 Å². The molecule has 0 fully saturated rings. The van der Waals surface area contributed by atoms with Gasteiger partial charge < -0.3 is 10.6 Å². The normalized spacial score (nSPS) is 11.3. The molecule has 0 saturated heterocycles. The van der Waals surface area contributed by atoms with Crippen LogP contribution in [0.4, 0.5) is 0 Å². The Balaban J connectivity index is 2.40. The minimum absolute atomic E-state index is 0.721. The molecule has 3 nitrogen and oxygen atoms in total. The van der Waals surface area contributed by atoms with Crippen LogP contribution in [0.1, 0.15) is 18.9 Å².